The zero-order valence-electron chi connectivity index (χ0n) is 28.6. The highest BCUT2D eigenvalue weighted by molar-refractivity contribution is 7.86. The van der Waals surface area contributed by atoms with Crippen LogP contribution in [0.2, 0.25) is 0 Å². The SMILES string of the molecule is O=P1(c2ccccc2)c2ccccc2N(c2ccc3c4ccccc4c4cc(N5c6ccccc6Oc6ccccc65)ccc4c3c2)c2ccccc21. The number of fused-ring (bicyclic) bond motifs is 10. The molecule has 0 amide bonds. The van der Waals surface area contributed by atoms with E-state index in [0.29, 0.717) is 0 Å². The minimum atomic E-state index is -3.14. The van der Waals surface area contributed by atoms with Crippen molar-refractivity contribution < 1.29 is 9.30 Å². The van der Waals surface area contributed by atoms with Crippen LogP contribution in [-0.4, -0.2) is 0 Å². The highest BCUT2D eigenvalue weighted by Crippen LogP contribution is 2.55. The van der Waals surface area contributed by atoms with Crippen LogP contribution >= 0.6 is 7.14 Å². The summed E-state index contributed by atoms with van der Waals surface area (Å²) in [4.78, 5) is 4.59. The van der Waals surface area contributed by atoms with Crippen LogP contribution in [0, 0.1) is 0 Å². The van der Waals surface area contributed by atoms with Gasteiger partial charge in [-0.15, -0.1) is 0 Å². The van der Waals surface area contributed by atoms with E-state index in [0.717, 1.165) is 66.9 Å². The van der Waals surface area contributed by atoms with Crippen molar-refractivity contribution >= 4 is 89.5 Å². The summed E-state index contributed by atoms with van der Waals surface area (Å²) in [6, 6.07) is 65.1. The molecule has 2 heterocycles. The zero-order chi connectivity index (χ0) is 35.1. The molecule has 0 saturated heterocycles. The van der Waals surface area contributed by atoms with Gasteiger partial charge in [-0.1, -0.05) is 115 Å². The Bertz CT molecular complexity index is 2900. The molecular weight excluding hydrogens is 668 g/mol. The van der Waals surface area contributed by atoms with Crippen molar-refractivity contribution in [3.05, 3.63) is 188 Å². The normalized spacial score (nSPS) is 14.0. The van der Waals surface area contributed by atoms with Gasteiger partial charge in [0.2, 0.25) is 0 Å². The van der Waals surface area contributed by atoms with Crippen molar-refractivity contribution in [3.63, 3.8) is 0 Å². The van der Waals surface area contributed by atoms with Gasteiger partial charge in [0.1, 0.15) is 0 Å². The molecule has 0 bridgehead atoms. The number of hydrogen-bond donors (Lipinski definition) is 0. The quantitative estimate of drug-likeness (QED) is 0.136. The summed E-state index contributed by atoms with van der Waals surface area (Å²) in [5, 5.41) is 9.67. The van der Waals surface area contributed by atoms with Crippen LogP contribution in [0.4, 0.5) is 34.1 Å². The van der Waals surface area contributed by atoms with Crippen LogP contribution in [-0.2, 0) is 4.57 Å². The average molecular weight is 699 g/mol. The standard InChI is InChI=1S/C48H31N2O2P/c51-53(34-14-2-1-3-15-34)47-24-12-8-20-43(47)50(44-21-9-13-25-48(44)53)33-26-28-37-35-16-4-5-17-36(35)39-30-32(27-29-38(39)40(37)31-33)49-41-18-6-10-22-45(41)52-46-23-11-7-19-42(46)49/h1-31H. The van der Waals surface area contributed by atoms with Gasteiger partial charge < -0.3 is 19.1 Å². The fourth-order valence-corrected chi connectivity index (χ4v) is 11.5. The Balaban J connectivity index is 1.15. The number of hydrogen-bond acceptors (Lipinski definition) is 4. The molecule has 0 atom stereocenters. The number of rotatable bonds is 3. The van der Waals surface area contributed by atoms with Gasteiger partial charge in [-0.05, 0) is 105 Å². The average Bonchev–Trinajstić information content (AvgIpc) is 3.23. The summed E-state index contributed by atoms with van der Waals surface area (Å²) >= 11 is 0. The van der Waals surface area contributed by atoms with Crippen molar-refractivity contribution in [2.24, 2.45) is 0 Å². The third-order valence-corrected chi connectivity index (χ3v) is 13.9. The fraction of sp³-hybridized carbons (Fsp3) is 0. The second kappa shape index (κ2) is 11.4. The first-order valence-corrected chi connectivity index (χ1v) is 19.6. The summed E-state index contributed by atoms with van der Waals surface area (Å²) in [5.74, 6) is 1.66. The highest BCUT2D eigenvalue weighted by atomic mass is 31.2. The Morgan fingerprint density at radius 2 is 0.755 bits per heavy atom. The summed E-state index contributed by atoms with van der Waals surface area (Å²) in [6.45, 7) is 0. The maximum Gasteiger partial charge on any atom is 0.175 e. The van der Waals surface area contributed by atoms with Crippen LogP contribution in [0.25, 0.3) is 32.3 Å². The topological polar surface area (TPSA) is 32.8 Å². The van der Waals surface area contributed by atoms with Crippen molar-refractivity contribution in [2.75, 3.05) is 9.80 Å². The molecule has 0 N–H and O–H groups in total. The van der Waals surface area contributed by atoms with Crippen molar-refractivity contribution in [1.82, 2.24) is 0 Å². The van der Waals surface area contributed by atoms with Gasteiger partial charge in [0.15, 0.2) is 18.6 Å². The molecular formula is C48H31N2O2P. The number of para-hydroxylation sites is 6. The third kappa shape index (κ3) is 4.34. The first-order valence-electron chi connectivity index (χ1n) is 17.9. The molecule has 250 valence electrons. The van der Waals surface area contributed by atoms with E-state index in [1.807, 2.05) is 91.0 Å². The van der Waals surface area contributed by atoms with Crippen LogP contribution in [0.15, 0.2) is 188 Å². The first-order chi connectivity index (χ1) is 26.2. The molecule has 2 aliphatic rings. The van der Waals surface area contributed by atoms with Crippen molar-refractivity contribution in [2.45, 2.75) is 0 Å². The van der Waals surface area contributed by atoms with Crippen LogP contribution in [0.1, 0.15) is 0 Å². The van der Waals surface area contributed by atoms with Gasteiger partial charge in [-0.2, -0.15) is 0 Å². The predicted octanol–water partition coefficient (Wildman–Crippen LogP) is 12.1. The molecule has 9 aromatic rings. The van der Waals surface area contributed by atoms with Crippen molar-refractivity contribution in [1.29, 1.82) is 0 Å². The lowest BCUT2D eigenvalue weighted by atomic mass is 9.93. The lowest BCUT2D eigenvalue weighted by Crippen LogP contribution is -2.36. The summed E-state index contributed by atoms with van der Waals surface area (Å²) < 4.78 is 21.8. The molecule has 0 aromatic heterocycles. The van der Waals surface area contributed by atoms with E-state index in [2.05, 4.69) is 107 Å². The maximum atomic E-state index is 15.5. The molecule has 4 nitrogen and oxygen atoms in total. The second-order valence-corrected chi connectivity index (χ2v) is 16.3. The maximum absolute atomic E-state index is 15.5. The number of ether oxygens (including phenoxy) is 1. The fourth-order valence-electron chi connectivity index (χ4n) is 8.49. The minimum absolute atomic E-state index is 0.832. The van der Waals surface area contributed by atoms with E-state index in [9.17, 15) is 0 Å². The minimum Gasteiger partial charge on any atom is -0.453 e. The van der Waals surface area contributed by atoms with E-state index in [4.69, 9.17) is 4.74 Å². The van der Waals surface area contributed by atoms with Crippen LogP contribution in [0.5, 0.6) is 11.5 Å². The molecule has 0 spiro atoms. The first kappa shape index (κ1) is 30.1. The van der Waals surface area contributed by atoms with Gasteiger partial charge in [-0.3, -0.25) is 0 Å². The van der Waals surface area contributed by atoms with Crippen LogP contribution in [0.3, 0.4) is 0 Å². The van der Waals surface area contributed by atoms with Gasteiger partial charge in [0, 0.05) is 27.3 Å². The number of anilines is 6. The molecule has 9 aromatic carbocycles. The molecule has 53 heavy (non-hydrogen) atoms. The second-order valence-electron chi connectivity index (χ2n) is 13.6. The Hall–Kier alpha value is -6.61. The van der Waals surface area contributed by atoms with E-state index >= 15 is 4.57 Å². The molecule has 0 radical (unpaired) electrons. The molecule has 0 unspecified atom stereocenters. The summed E-state index contributed by atoms with van der Waals surface area (Å²) in [7, 11) is -3.14. The van der Waals surface area contributed by atoms with Gasteiger partial charge in [-0.25, -0.2) is 0 Å². The smallest absolute Gasteiger partial charge is 0.175 e. The van der Waals surface area contributed by atoms with Crippen molar-refractivity contribution in [3.8, 4) is 11.5 Å². The Morgan fingerprint density at radius 1 is 0.358 bits per heavy atom. The lowest BCUT2D eigenvalue weighted by Gasteiger charge is -2.38. The number of nitrogens with zero attached hydrogens (tertiary/aromatic N) is 2. The molecule has 0 fully saturated rings. The lowest BCUT2D eigenvalue weighted by molar-refractivity contribution is 0.477. The largest absolute Gasteiger partial charge is 0.453 e. The molecule has 2 aliphatic heterocycles. The summed E-state index contributed by atoms with van der Waals surface area (Å²) in [5.41, 5.74) is 5.98. The summed E-state index contributed by atoms with van der Waals surface area (Å²) in [6.07, 6.45) is 0. The van der Waals surface area contributed by atoms with Crippen LogP contribution < -0.4 is 30.5 Å². The Labute approximate surface area is 307 Å². The van der Waals surface area contributed by atoms with Gasteiger partial charge in [0.05, 0.1) is 22.7 Å². The Morgan fingerprint density at radius 3 is 1.32 bits per heavy atom. The zero-order valence-corrected chi connectivity index (χ0v) is 29.5. The molecule has 0 saturated carbocycles. The van der Waals surface area contributed by atoms with E-state index in [1.54, 1.807) is 0 Å². The highest BCUT2D eigenvalue weighted by Gasteiger charge is 2.40. The van der Waals surface area contributed by atoms with E-state index < -0.39 is 7.14 Å². The molecule has 11 rings (SSSR count). The Kier molecular flexibility index (Phi) is 6.49. The van der Waals surface area contributed by atoms with E-state index in [-0.39, 0.29) is 0 Å². The van der Waals surface area contributed by atoms with E-state index in [1.165, 1.54) is 26.9 Å². The predicted molar refractivity (Wildman–Crippen MR) is 221 cm³/mol. The van der Waals surface area contributed by atoms with Gasteiger partial charge in [0.25, 0.3) is 0 Å². The monoisotopic (exact) mass is 698 g/mol. The van der Waals surface area contributed by atoms with Gasteiger partial charge >= 0.3 is 0 Å². The third-order valence-electron chi connectivity index (χ3n) is 10.8. The molecule has 5 heteroatoms. The number of benzene rings is 9. The molecule has 0 aliphatic carbocycles.